The molecule has 1 aromatic carbocycles. The van der Waals surface area contributed by atoms with E-state index in [9.17, 15) is 4.79 Å². The lowest BCUT2D eigenvalue weighted by Gasteiger charge is -2.20. The van der Waals surface area contributed by atoms with Crippen LogP contribution in [0.3, 0.4) is 0 Å². The second kappa shape index (κ2) is 6.11. The van der Waals surface area contributed by atoms with Crippen LogP contribution in [0.5, 0.6) is 0 Å². The molecule has 2 aromatic rings. The van der Waals surface area contributed by atoms with Gasteiger partial charge in [-0.3, -0.25) is 9.48 Å². The average molecular weight is 375 g/mol. The van der Waals surface area contributed by atoms with Crippen molar-refractivity contribution in [2.24, 2.45) is 5.92 Å². The largest absolute Gasteiger partial charge is 0.460 e. The van der Waals surface area contributed by atoms with Gasteiger partial charge in [0.15, 0.2) is 0 Å². The van der Waals surface area contributed by atoms with E-state index in [2.05, 4.69) is 33.2 Å². The molecule has 4 rings (SSSR count). The van der Waals surface area contributed by atoms with Crippen LogP contribution in [0.25, 0.3) is 0 Å². The van der Waals surface area contributed by atoms with Crippen molar-refractivity contribution in [2.45, 2.75) is 43.7 Å². The third kappa shape index (κ3) is 3.07. The fourth-order valence-corrected chi connectivity index (χ4v) is 4.04. The summed E-state index contributed by atoms with van der Waals surface area (Å²) in [6.07, 6.45) is 7.64. The predicted molar refractivity (Wildman–Crippen MR) is 90.0 cm³/mol. The summed E-state index contributed by atoms with van der Waals surface area (Å²) < 4.78 is 8.84. The van der Waals surface area contributed by atoms with Gasteiger partial charge in [0.25, 0.3) is 0 Å². The number of carbonyl (C=O) groups excluding carboxylic acids is 1. The van der Waals surface area contributed by atoms with E-state index in [1.807, 2.05) is 29.1 Å². The summed E-state index contributed by atoms with van der Waals surface area (Å²) in [5.74, 6) is 0.284. The smallest absolute Gasteiger partial charge is 0.309 e. The molecule has 2 unspecified atom stereocenters. The normalized spacial score (nSPS) is 29.4. The van der Waals surface area contributed by atoms with Crippen molar-refractivity contribution in [2.75, 3.05) is 0 Å². The van der Waals surface area contributed by atoms with Crippen molar-refractivity contribution < 1.29 is 9.53 Å². The van der Waals surface area contributed by atoms with Crippen LogP contribution in [-0.2, 0) is 9.53 Å². The Morgan fingerprint density at radius 2 is 2.22 bits per heavy atom. The summed E-state index contributed by atoms with van der Waals surface area (Å²) in [6, 6.07) is 10.3. The average Bonchev–Trinajstić information content (AvgIpc) is 2.93. The number of halogens is 1. The lowest BCUT2D eigenvalue weighted by Crippen LogP contribution is -2.26. The first-order valence-electron chi connectivity index (χ1n) is 8.17. The van der Waals surface area contributed by atoms with Crippen LogP contribution in [-0.4, -0.2) is 21.9 Å². The van der Waals surface area contributed by atoms with E-state index in [4.69, 9.17) is 4.74 Å². The Bertz CT molecular complexity index is 701. The van der Waals surface area contributed by atoms with Crippen LogP contribution in [0.4, 0.5) is 0 Å². The zero-order valence-corrected chi connectivity index (χ0v) is 14.4. The molecule has 4 nitrogen and oxygen atoms in total. The number of rotatable bonds is 4. The SMILES string of the molecule is O=C(O[C@@H]1CCC[C@H]1n1cccn1)C1CC1c1cccc(Br)c1. The first-order valence-corrected chi connectivity index (χ1v) is 8.97. The van der Waals surface area contributed by atoms with E-state index in [0.717, 1.165) is 30.2 Å². The molecule has 1 heterocycles. The molecule has 0 bridgehead atoms. The number of benzene rings is 1. The van der Waals surface area contributed by atoms with Gasteiger partial charge < -0.3 is 4.74 Å². The zero-order valence-electron chi connectivity index (χ0n) is 12.8. The summed E-state index contributed by atoms with van der Waals surface area (Å²) >= 11 is 3.49. The molecule has 2 aliphatic rings. The Morgan fingerprint density at radius 3 is 3.00 bits per heavy atom. The number of ether oxygens (including phenoxy) is 1. The van der Waals surface area contributed by atoms with Gasteiger partial charge in [-0.15, -0.1) is 0 Å². The quantitative estimate of drug-likeness (QED) is 0.757. The molecule has 1 aromatic heterocycles. The topological polar surface area (TPSA) is 44.1 Å². The second-order valence-electron chi connectivity index (χ2n) is 6.46. The van der Waals surface area contributed by atoms with Gasteiger partial charge in [0, 0.05) is 16.9 Å². The van der Waals surface area contributed by atoms with Crippen LogP contribution < -0.4 is 0 Å². The predicted octanol–water partition coefficient (Wildman–Crippen LogP) is 4.09. The van der Waals surface area contributed by atoms with Gasteiger partial charge in [-0.1, -0.05) is 28.1 Å². The molecular formula is C18H19BrN2O2. The van der Waals surface area contributed by atoms with Crippen molar-refractivity contribution in [3.05, 3.63) is 52.8 Å². The summed E-state index contributed by atoms with van der Waals surface area (Å²) in [4.78, 5) is 12.5. The standard InChI is InChI=1S/C18H19BrN2O2/c19-13-5-1-4-12(10-13)14-11-15(14)18(22)23-17-7-2-6-16(17)21-9-3-8-20-21/h1,3-5,8-10,14-17H,2,6-7,11H2/t14?,15?,16-,17-/m1/s1. The fraction of sp³-hybridized carbons (Fsp3) is 0.444. The highest BCUT2D eigenvalue weighted by Gasteiger charge is 2.46. The number of nitrogens with zero attached hydrogens (tertiary/aromatic N) is 2. The molecule has 0 N–H and O–H groups in total. The highest BCUT2D eigenvalue weighted by atomic mass is 79.9. The van der Waals surface area contributed by atoms with Gasteiger partial charge >= 0.3 is 5.97 Å². The molecule has 2 aliphatic carbocycles. The molecule has 0 radical (unpaired) electrons. The van der Waals surface area contributed by atoms with Gasteiger partial charge in [-0.2, -0.15) is 5.10 Å². The van der Waals surface area contributed by atoms with Crippen LogP contribution in [0.1, 0.15) is 43.2 Å². The van der Waals surface area contributed by atoms with Gasteiger partial charge in [0.05, 0.1) is 12.0 Å². The third-order valence-electron chi connectivity index (χ3n) is 4.92. The number of esters is 1. The van der Waals surface area contributed by atoms with Crippen molar-refractivity contribution in [3.8, 4) is 0 Å². The van der Waals surface area contributed by atoms with Crippen molar-refractivity contribution in [3.63, 3.8) is 0 Å². The molecule has 2 fully saturated rings. The van der Waals surface area contributed by atoms with E-state index in [1.165, 1.54) is 5.56 Å². The van der Waals surface area contributed by atoms with Crippen LogP contribution in [0, 0.1) is 5.92 Å². The molecule has 0 saturated heterocycles. The van der Waals surface area contributed by atoms with Gasteiger partial charge in [-0.25, -0.2) is 0 Å². The van der Waals surface area contributed by atoms with Gasteiger partial charge in [0.1, 0.15) is 6.10 Å². The van der Waals surface area contributed by atoms with Crippen LogP contribution >= 0.6 is 15.9 Å². The van der Waals surface area contributed by atoms with Crippen LogP contribution in [0.15, 0.2) is 47.2 Å². The minimum Gasteiger partial charge on any atom is -0.460 e. The minimum atomic E-state index is -0.0426. The van der Waals surface area contributed by atoms with E-state index in [0.29, 0.717) is 5.92 Å². The van der Waals surface area contributed by atoms with E-state index in [-0.39, 0.29) is 24.0 Å². The molecule has 2 saturated carbocycles. The van der Waals surface area contributed by atoms with Crippen molar-refractivity contribution in [1.82, 2.24) is 9.78 Å². The zero-order chi connectivity index (χ0) is 15.8. The summed E-state index contributed by atoms with van der Waals surface area (Å²) in [5.41, 5.74) is 1.22. The Balaban J connectivity index is 1.39. The highest BCUT2D eigenvalue weighted by molar-refractivity contribution is 9.10. The van der Waals surface area contributed by atoms with E-state index < -0.39 is 0 Å². The van der Waals surface area contributed by atoms with Gasteiger partial charge in [-0.05, 0) is 55.4 Å². The number of aromatic nitrogens is 2. The maximum atomic E-state index is 12.5. The first kappa shape index (κ1) is 14.9. The van der Waals surface area contributed by atoms with E-state index in [1.54, 1.807) is 6.20 Å². The molecule has 23 heavy (non-hydrogen) atoms. The molecule has 5 heteroatoms. The van der Waals surface area contributed by atoms with Crippen molar-refractivity contribution >= 4 is 21.9 Å². The van der Waals surface area contributed by atoms with E-state index >= 15 is 0 Å². The minimum absolute atomic E-state index is 0.0168. The molecule has 0 aliphatic heterocycles. The first-order chi connectivity index (χ1) is 11.2. The summed E-state index contributed by atoms with van der Waals surface area (Å²) in [7, 11) is 0. The Hall–Kier alpha value is -1.62. The van der Waals surface area contributed by atoms with Crippen molar-refractivity contribution in [1.29, 1.82) is 0 Å². The lowest BCUT2D eigenvalue weighted by molar-refractivity contribution is -0.152. The second-order valence-corrected chi connectivity index (χ2v) is 7.38. The Morgan fingerprint density at radius 1 is 1.30 bits per heavy atom. The monoisotopic (exact) mass is 374 g/mol. The van der Waals surface area contributed by atoms with Crippen LogP contribution in [0.2, 0.25) is 0 Å². The molecule has 120 valence electrons. The molecular weight excluding hydrogens is 356 g/mol. The number of carbonyl (C=O) groups is 1. The highest BCUT2D eigenvalue weighted by Crippen LogP contribution is 2.49. The summed E-state index contributed by atoms with van der Waals surface area (Å²) in [5, 5.41) is 4.31. The molecule has 0 spiro atoms. The molecule has 0 amide bonds. The lowest BCUT2D eigenvalue weighted by atomic mass is 10.1. The fourth-order valence-electron chi connectivity index (χ4n) is 3.62. The maximum Gasteiger partial charge on any atom is 0.309 e. The van der Waals surface area contributed by atoms with Gasteiger partial charge in [0.2, 0.25) is 0 Å². The third-order valence-corrected chi connectivity index (χ3v) is 5.41. The number of hydrogen-bond acceptors (Lipinski definition) is 3. The maximum absolute atomic E-state index is 12.5. The number of hydrogen-bond donors (Lipinski definition) is 0. The summed E-state index contributed by atoms with van der Waals surface area (Å²) in [6.45, 7) is 0. The molecule has 4 atom stereocenters. The Labute approximate surface area is 144 Å². The Kier molecular flexibility index (Phi) is 3.97.